The first-order chi connectivity index (χ1) is 15.4. The molecule has 4 aromatic carbocycles. The van der Waals surface area contributed by atoms with Gasteiger partial charge < -0.3 is 9.80 Å². The third-order valence-corrected chi connectivity index (χ3v) is 5.55. The number of para-hydroxylation sites is 4. The zero-order chi connectivity index (χ0) is 21.3. The second-order valence-corrected chi connectivity index (χ2v) is 7.71. The third kappa shape index (κ3) is 4.97. The van der Waals surface area contributed by atoms with E-state index in [4.69, 9.17) is 0 Å². The molecule has 0 bridgehead atoms. The average Bonchev–Trinajstić information content (AvgIpc) is 2.85. The molecule has 0 amide bonds. The number of rotatable bonds is 9. The minimum Gasteiger partial charge on any atom is -0.320 e. The molecule has 0 aliphatic heterocycles. The van der Waals surface area contributed by atoms with Gasteiger partial charge in [-0.2, -0.15) is 0 Å². The molecule has 0 aliphatic rings. The van der Waals surface area contributed by atoms with Gasteiger partial charge in [0, 0.05) is 22.7 Å². The van der Waals surface area contributed by atoms with E-state index in [2.05, 4.69) is 138 Å². The molecule has 0 saturated heterocycles. The van der Waals surface area contributed by atoms with Crippen molar-refractivity contribution in [1.82, 2.24) is 0 Å². The number of unbranched alkanes of at least 4 members (excludes halogenated alkanes) is 1. The first kappa shape index (κ1) is 20.7. The zero-order valence-electron chi connectivity index (χ0n) is 18.1. The average molecular weight is 407 g/mol. The molecule has 0 fully saturated rings. The largest absolute Gasteiger partial charge is 0.320 e. The Kier molecular flexibility index (Phi) is 7.02. The first-order valence-corrected chi connectivity index (χ1v) is 11.2. The Morgan fingerprint density at radius 2 is 0.774 bits per heavy atom. The van der Waals surface area contributed by atoms with E-state index in [0.717, 1.165) is 19.3 Å². The summed E-state index contributed by atoms with van der Waals surface area (Å²) in [6.07, 6.45) is 3.49. The van der Waals surface area contributed by atoms with Gasteiger partial charge in [0.25, 0.3) is 0 Å². The quantitative estimate of drug-likeness (QED) is 0.259. The van der Waals surface area contributed by atoms with Crippen molar-refractivity contribution in [2.75, 3.05) is 9.80 Å². The number of hydrogen-bond donors (Lipinski definition) is 0. The fraction of sp³-hybridized carbons (Fsp3) is 0.172. The van der Waals surface area contributed by atoms with Crippen molar-refractivity contribution in [3.8, 4) is 0 Å². The molecule has 0 unspecified atom stereocenters. The third-order valence-electron chi connectivity index (χ3n) is 5.55. The molecule has 0 atom stereocenters. The highest BCUT2D eigenvalue weighted by Crippen LogP contribution is 2.37. The number of anilines is 4. The van der Waals surface area contributed by atoms with Crippen LogP contribution in [0.25, 0.3) is 0 Å². The SMILES string of the molecule is CCCCC(N(c1ccccc1)c1ccccc1)N(c1ccccc1)c1ccccc1. The molecular weight excluding hydrogens is 376 g/mol. The smallest absolute Gasteiger partial charge is 0.111 e. The summed E-state index contributed by atoms with van der Waals surface area (Å²) in [4.78, 5) is 4.96. The lowest BCUT2D eigenvalue weighted by Crippen LogP contribution is -2.44. The van der Waals surface area contributed by atoms with Crippen molar-refractivity contribution in [2.24, 2.45) is 0 Å². The van der Waals surface area contributed by atoms with Crippen LogP contribution >= 0.6 is 0 Å². The maximum Gasteiger partial charge on any atom is 0.111 e. The van der Waals surface area contributed by atoms with Crippen LogP contribution in [0.15, 0.2) is 121 Å². The highest BCUT2D eigenvalue weighted by molar-refractivity contribution is 5.71. The number of nitrogens with zero attached hydrogens (tertiary/aromatic N) is 2. The van der Waals surface area contributed by atoms with Gasteiger partial charge in [-0.1, -0.05) is 86.1 Å². The summed E-state index contributed by atoms with van der Waals surface area (Å²) in [5.41, 5.74) is 4.80. The predicted octanol–water partition coefficient (Wildman–Crippen LogP) is 8.18. The second-order valence-electron chi connectivity index (χ2n) is 7.71. The summed E-state index contributed by atoms with van der Waals surface area (Å²) in [6.45, 7) is 2.27. The molecule has 0 radical (unpaired) electrons. The van der Waals surface area contributed by atoms with Crippen LogP contribution in [0.4, 0.5) is 22.7 Å². The minimum atomic E-state index is 0.134. The van der Waals surface area contributed by atoms with Crippen molar-refractivity contribution in [2.45, 2.75) is 32.4 Å². The number of benzene rings is 4. The highest BCUT2D eigenvalue weighted by Gasteiger charge is 2.28. The van der Waals surface area contributed by atoms with Gasteiger partial charge in [0.1, 0.15) is 6.17 Å². The van der Waals surface area contributed by atoms with Crippen LogP contribution < -0.4 is 9.80 Å². The molecule has 2 nitrogen and oxygen atoms in total. The molecule has 0 aliphatic carbocycles. The van der Waals surface area contributed by atoms with E-state index in [0.29, 0.717) is 0 Å². The minimum absolute atomic E-state index is 0.134. The van der Waals surface area contributed by atoms with Crippen LogP contribution in [0.1, 0.15) is 26.2 Å². The molecule has 0 aromatic heterocycles. The van der Waals surface area contributed by atoms with Crippen molar-refractivity contribution < 1.29 is 0 Å². The molecule has 156 valence electrons. The molecule has 0 saturated carbocycles. The van der Waals surface area contributed by atoms with Gasteiger partial charge in [-0.25, -0.2) is 0 Å². The van der Waals surface area contributed by atoms with Gasteiger partial charge >= 0.3 is 0 Å². The maximum absolute atomic E-state index is 2.48. The second kappa shape index (κ2) is 10.5. The Bertz CT molecular complexity index is 855. The lowest BCUT2D eigenvalue weighted by atomic mass is 10.1. The van der Waals surface area contributed by atoms with Gasteiger partial charge in [-0.05, 0) is 61.4 Å². The van der Waals surface area contributed by atoms with E-state index in [9.17, 15) is 0 Å². The van der Waals surface area contributed by atoms with Crippen LogP contribution in [-0.2, 0) is 0 Å². The van der Waals surface area contributed by atoms with E-state index in [1.807, 2.05) is 0 Å². The Labute approximate surface area is 186 Å². The molecule has 0 heterocycles. The Hall–Kier alpha value is -3.52. The topological polar surface area (TPSA) is 6.48 Å². The van der Waals surface area contributed by atoms with Crippen LogP contribution in [0, 0.1) is 0 Å². The Morgan fingerprint density at radius 1 is 0.484 bits per heavy atom. The van der Waals surface area contributed by atoms with E-state index < -0.39 is 0 Å². The fourth-order valence-corrected chi connectivity index (χ4v) is 4.10. The van der Waals surface area contributed by atoms with Gasteiger partial charge in [-0.15, -0.1) is 0 Å². The normalized spacial score (nSPS) is 10.8. The van der Waals surface area contributed by atoms with Crippen LogP contribution in [0.3, 0.4) is 0 Å². The van der Waals surface area contributed by atoms with Gasteiger partial charge in [0.15, 0.2) is 0 Å². The van der Waals surface area contributed by atoms with Crippen molar-refractivity contribution in [3.63, 3.8) is 0 Å². The summed E-state index contributed by atoms with van der Waals surface area (Å²) < 4.78 is 0. The van der Waals surface area contributed by atoms with E-state index in [1.165, 1.54) is 22.7 Å². The molecule has 2 heteroatoms. The summed E-state index contributed by atoms with van der Waals surface area (Å²) in [6, 6.07) is 43.0. The molecule has 0 spiro atoms. The van der Waals surface area contributed by atoms with Crippen LogP contribution in [0.2, 0.25) is 0 Å². The van der Waals surface area contributed by atoms with Crippen molar-refractivity contribution >= 4 is 22.7 Å². The Balaban J connectivity index is 1.89. The van der Waals surface area contributed by atoms with Gasteiger partial charge in [0.05, 0.1) is 0 Å². The van der Waals surface area contributed by atoms with Crippen LogP contribution in [-0.4, -0.2) is 6.17 Å². The first-order valence-electron chi connectivity index (χ1n) is 11.2. The lowest BCUT2D eigenvalue weighted by molar-refractivity contribution is 0.570. The lowest BCUT2D eigenvalue weighted by Gasteiger charge is -2.42. The number of hydrogen-bond acceptors (Lipinski definition) is 2. The van der Waals surface area contributed by atoms with Gasteiger partial charge in [-0.3, -0.25) is 0 Å². The molecular formula is C29H30N2. The summed E-state index contributed by atoms with van der Waals surface area (Å²) in [7, 11) is 0. The summed E-state index contributed by atoms with van der Waals surface area (Å²) in [5, 5.41) is 0. The monoisotopic (exact) mass is 406 g/mol. The standard InChI is InChI=1S/C29H30N2/c1-2-3-24-29(30(25-16-8-4-9-17-25)26-18-10-5-11-19-26)31(27-20-12-6-13-21-27)28-22-14-7-15-23-28/h4-23,29H,2-3,24H2,1H3. The molecule has 4 rings (SSSR count). The summed E-state index contributed by atoms with van der Waals surface area (Å²) in [5.74, 6) is 0. The molecule has 0 N–H and O–H groups in total. The highest BCUT2D eigenvalue weighted by atomic mass is 15.4. The van der Waals surface area contributed by atoms with Crippen LogP contribution in [0.5, 0.6) is 0 Å². The zero-order valence-corrected chi connectivity index (χ0v) is 18.1. The fourth-order valence-electron chi connectivity index (χ4n) is 4.10. The van der Waals surface area contributed by atoms with E-state index >= 15 is 0 Å². The van der Waals surface area contributed by atoms with Crippen molar-refractivity contribution in [1.29, 1.82) is 0 Å². The van der Waals surface area contributed by atoms with Crippen molar-refractivity contribution in [3.05, 3.63) is 121 Å². The van der Waals surface area contributed by atoms with Gasteiger partial charge in [0.2, 0.25) is 0 Å². The molecule has 31 heavy (non-hydrogen) atoms. The summed E-state index contributed by atoms with van der Waals surface area (Å²) >= 11 is 0. The predicted molar refractivity (Wildman–Crippen MR) is 133 cm³/mol. The van der Waals surface area contributed by atoms with E-state index in [1.54, 1.807) is 0 Å². The Morgan fingerprint density at radius 3 is 1.03 bits per heavy atom. The maximum atomic E-state index is 2.48. The molecule has 4 aromatic rings. The van der Waals surface area contributed by atoms with E-state index in [-0.39, 0.29) is 6.17 Å².